The summed E-state index contributed by atoms with van der Waals surface area (Å²) in [4.78, 5) is 27.6. The van der Waals surface area contributed by atoms with Crippen LogP contribution in [0.25, 0.3) is 0 Å². The zero-order chi connectivity index (χ0) is 18.6. The summed E-state index contributed by atoms with van der Waals surface area (Å²) in [5.41, 5.74) is 1.01. The molecule has 3 fully saturated rings. The molecule has 27 heavy (non-hydrogen) atoms. The molecule has 1 aromatic rings. The molecule has 0 N–H and O–H groups in total. The van der Waals surface area contributed by atoms with Gasteiger partial charge in [0.25, 0.3) is 0 Å². The maximum absolute atomic E-state index is 12.8. The van der Waals surface area contributed by atoms with Crippen molar-refractivity contribution in [2.45, 2.75) is 82.9 Å². The van der Waals surface area contributed by atoms with Crippen molar-refractivity contribution in [3.8, 4) is 0 Å². The predicted octanol–water partition coefficient (Wildman–Crippen LogP) is 5.11. The van der Waals surface area contributed by atoms with E-state index in [9.17, 15) is 9.59 Å². The third-order valence-corrected chi connectivity index (χ3v) is 6.81. The van der Waals surface area contributed by atoms with Gasteiger partial charge in [-0.25, -0.2) is 4.79 Å². The minimum absolute atomic E-state index is 0.152. The smallest absolute Gasteiger partial charge is 0.410 e. The molecule has 4 nitrogen and oxygen atoms in total. The van der Waals surface area contributed by atoms with Gasteiger partial charge in [0.2, 0.25) is 0 Å². The molecule has 2 heterocycles. The summed E-state index contributed by atoms with van der Waals surface area (Å²) in [7, 11) is 0. The summed E-state index contributed by atoms with van der Waals surface area (Å²) in [5.74, 6) is 1.22. The van der Waals surface area contributed by atoms with E-state index in [0.717, 1.165) is 44.1 Å². The van der Waals surface area contributed by atoms with Crippen LogP contribution in [0.1, 0.15) is 69.8 Å². The second-order valence-corrected chi connectivity index (χ2v) is 8.68. The molecular formula is C23H31NO3. The third-order valence-electron chi connectivity index (χ3n) is 6.81. The number of ether oxygens (including phenoxy) is 1. The van der Waals surface area contributed by atoms with E-state index in [1.807, 2.05) is 35.2 Å². The molecule has 0 aromatic heterocycles. The Balaban J connectivity index is 1.35. The maximum atomic E-state index is 12.8. The first-order valence-corrected chi connectivity index (χ1v) is 10.7. The van der Waals surface area contributed by atoms with Crippen molar-refractivity contribution < 1.29 is 14.3 Å². The number of nitrogens with zero attached hydrogens (tertiary/aromatic N) is 1. The molecule has 2 unspecified atom stereocenters. The minimum Gasteiger partial charge on any atom is -0.445 e. The average molecular weight is 370 g/mol. The molecule has 2 saturated heterocycles. The lowest BCUT2D eigenvalue weighted by Crippen LogP contribution is -2.55. The highest BCUT2D eigenvalue weighted by Crippen LogP contribution is 2.39. The van der Waals surface area contributed by atoms with Gasteiger partial charge >= 0.3 is 6.09 Å². The van der Waals surface area contributed by atoms with E-state index in [1.165, 1.54) is 25.7 Å². The van der Waals surface area contributed by atoms with Crippen LogP contribution < -0.4 is 0 Å². The quantitative estimate of drug-likeness (QED) is 0.725. The number of carbonyl (C=O) groups excluding carboxylic acids is 2. The molecule has 0 spiro atoms. The average Bonchev–Trinajstić information content (AvgIpc) is 3.19. The zero-order valence-corrected chi connectivity index (χ0v) is 16.1. The first-order valence-electron chi connectivity index (χ1n) is 10.7. The number of hydrogen-bond acceptors (Lipinski definition) is 3. The summed E-state index contributed by atoms with van der Waals surface area (Å²) >= 11 is 0. The Bertz CT molecular complexity index is 639. The highest BCUT2D eigenvalue weighted by Gasteiger charge is 2.43. The van der Waals surface area contributed by atoms with Crippen molar-refractivity contribution in [1.29, 1.82) is 0 Å². The van der Waals surface area contributed by atoms with Crippen molar-refractivity contribution in [2.75, 3.05) is 0 Å². The molecule has 1 saturated carbocycles. The molecule has 4 heteroatoms. The molecule has 146 valence electrons. The fourth-order valence-electron chi connectivity index (χ4n) is 5.40. The normalized spacial score (nSPS) is 28.1. The zero-order valence-electron chi connectivity index (χ0n) is 16.1. The van der Waals surface area contributed by atoms with E-state index < -0.39 is 0 Å². The molecule has 2 aliphatic heterocycles. The number of fused-ring (bicyclic) bond motifs is 2. The Hall–Kier alpha value is -1.84. The second kappa shape index (κ2) is 8.45. The van der Waals surface area contributed by atoms with Crippen LogP contribution in [-0.4, -0.2) is 28.9 Å². The van der Waals surface area contributed by atoms with Crippen LogP contribution in [0, 0.1) is 11.8 Å². The summed E-state index contributed by atoms with van der Waals surface area (Å²) < 4.78 is 5.61. The first kappa shape index (κ1) is 18.5. The van der Waals surface area contributed by atoms with E-state index in [4.69, 9.17) is 4.74 Å². The summed E-state index contributed by atoms with van der Waals surface area (Å²) in [6.07, 6.45) is 10.4. The van der Waals surface area contributed by atoms with Crippen LogP contribution in [0.4, 0.5) is 4.79 Å². The van der Waals surface area contributed by atoms with Crippen LogP contribution >= 0.6 is 0 Å². The van der Waals surface area contributed by atoms with Crippen molar-refractivity contribution in [1.82, 2.24) is 4.90 Å². The van der Waals surface area contributed by atoms with Crippen LogP contribution in [0.15, 0.2) is 30.3 Å². The molecule has 1 aliphatic carbocycles. The van der Waals surface area contributed by atoms with E-state index in [2.05, 4.69) is 0 Å². The maximum Gasteiger partial charge on any atom is 0.410 e. The number of rotatable bonds is 5. The van der Waals surface area contributed by atoms with E-state index in [-0.39, 0.29) is 24.1 Å². The fourth-order valence-corrected chi connectivity index (χ4v) is 5.40. The lowest BCUT2D eigenvalue weighted by molar-refractivity contribution is -0.127. The van der Waals surface area contributed by atoms with Gasteiger partial charge in [-0.15, -0.1) is 0 Å². The van der Waals surface area contributed by atoms with Crippen molar-refractivity contribution in [2.24, 2.45) is 11.8 Å². The van der Waals surface area contributed by atoms with Gasteiger partial charge in [-0.05, 0) is 43.6 Å². The molecule has 1 amide bonds. The third kappa shape index (κ3) is 4.36. The van der Waals surface area contributed by atoms with Gasteiger partial charge in [-0.2, -0.15) is 0 Å². The van der Waals surface area contributed by atoms with Gasteiger partial charge in [0, 0.05) is 24.4 Å². The Labute approximate surface area is 162 Å². The highest BCUT2D eigenvalue weighted by atomic mass is 16.6. The number of hydrogen-bond donors (Lipinski definition) is 0. The number of benzene rings is 1. The second-order valence-electron chi connectivity index (χ2n) is 8.68. The molecular weight excluding hydrogens is 338 g/mol. The molecule has 2 bridgehead atoms. The van der Waals surface area contributed by atoms with Gasteiger partial charge in [-0.1, -0.05) is 56.0 Å². The van der Waals surface area contributed by atoms with Crippen LogP contribution in [0.2, 0.25) is 0 Å². The van der Waals surface area contributed by atoms with Gasteiger partial charge in [0.1, 0.15) is 12.4 Å². The minimum atomic E-state index is -0.199. The van der Waals surface area contributed by atoms with Crippen LogP contribution in [0.3, 0.4) is 0 Å². The summed E-state index contributed by atoms with van der Waals surface area (Å²) in [6, 6.07) is 10.2. The lowest BCUT2D eigenvalue weighted by Gasteiger charge is -2.47. The van der Waals surface area contributed by atoms with E-state index >= 15 is 0 Å². The topological polar surface area (TPSA) is 46.6 Å². The van der Waals surface area contributed by atoms with Gasteiger partial charge in [0.05, 0.1) is 0 Å². The largest absolute Gasteiger partial charge is 0.445 e. The van der Waals surface area contributed by atoms with Gasteiger partial charge in [-0.3, -0.25) is 4.79 Å². The number of ketones is 1. The predicted molar refractivity (Wildman–Crippen MR) is 104 cm³/mol. The lowest BCUT2D eigenvalue weighted by atomic mass is 9.75. The van der Waals surface area contributed by atoms with Crippen molar-refractivity contribution >= 4 is 11.9 Å². The van der Waals surface area contributed by atoms with E-state index in [0.29, 0.717) is 18.3 Å². The first-order chi connectivity index (χ1) is 13.2. The number of Topliss-reactive ketones (excluding diaryl/α,β-unsaturated/α-hetero) is 1. The van der Waals surface area contributed by atoms with Crippen LogP contribution in [0.5, 0.6) is 0 Å². The Morgan fingerprint density at radius 1 is 0.926 bits per heavy atom. The number of amides is 1. The summed E-state index contributed by atoms with van der Waals surface area (Å²) in [5, 5.41) is 0. The Morgan fingerprint density at radius 2 is 1.59 bits per heavy atom. The molecule has 2 atom stereocenters. The SMILES string of the molecule is O=C(CC1CCCC1)C1CC2CCCC(C1)N2C(=O)OCc1ccccc1. The summed E-state index contributed by atoms with van der Waals surface area (Å²) in [6.45, 7) is 0.319. The van der Waals surface area contributed by atoms with E-state index in [1.54, 1.807) is 0 Å². The molecule has 3 aliphatic rings. The fraction of sp³-hybridized carbons (Fsp3) is 0.652. The Morgan fingerprint density at radius 3 is 2.26 bits per heavy atom. The monoisotopic (exact) mass is 369 g/mol. The van der Waals surface area contributed by atoms with Gasteiger partial charge < -0.3 is 9.64 Å². The molecule has 4 rings (SSSR count). The standard InChI is InChI=1S/C23H31NO3/c25-22(13-17-7-4-5-8-17)19-14-20-11-6-12-21(15-19)24(20)23(26)27-16-18-9-2-1-3-10-18/h1-3,9-10,17,19-21H,4-8,11-16H2. The number of carbonyl (C=O) groups is 2. The number of piperidine rings is 2. The molecule has 0 radical (unpaired) electrons. The Kier molecular flexibility index (Phi) is 5.80. The van der Waals surface area contributed by atoms with Crippen LogP contribution in [-0.2, 0) is 16.1 Å². The molecule has 1 aromatic carbocycles. The van der Waals surface area contributed by atoms with Crippen molar-refractivity contribution in [3.63, 3.8) is 0 Å². The van der Waals surface area contributed by atoms with Gasteiger partial charge in [0.15, 0.2) is 0 Å². The highest BCUT2D eigenvalue weighted by molar-refractivity contribution is 5.82. The van der Waals surface area contributed by atoms with Crippen molar-refractivity contribution in [3.05, 3.63) is 35.9 Å².